The molecule has 0 radical (unpaired) electrons. The number of benzene rings is 1. The number of fused-ring (bicyclic) bond motifs is 1. The zero-order valence-electron chi connectivity index (χ0n) is 17.2. The molecule has 1 aliphatic rings. The Morgan fingerprint density at radius 1 is 1.07 bits per heavy atom. The first-order valence-corrected chi connectivity index (χ1v) is 10.2. The van der Waals surface area contributed by atoms with Gasteiger partial charge < -0.3 is 9.88 Å². The predicted octanol–water partition coefficient (Wildman–Crippen LogP) is 2.56. The van der Waals surface area contributed by atoms with E-state index in [1.165, 1.54) is 11.1 Å². The van der Waals surface area contributed by atoms with Crippen LogP contribution in [0.1, 0.15) is 34.5 Å². The maximum atomic E-state index is 12.3. The van der Waals surface area contributed by atoms with Crippen LogP contribution in [0.15, 0.2) is 60.4 Å². The van der Waals surface area contributed by atoms with Crippen LogP contribution in [0.5, 0.6) is 0 Å². The first-order chi connectivity index (χ1) is 14.7. The number of hydrogen-bond donors (Lipinski definition) is 1. The van der Waals surface area contributed by atoms with E-state index in [9.17, 15) is 4.79 Å². The lowest BCUT2D eigenvalue weighted by molar-refractivity contribution is 0.0949. The van der Waals surface area contributed by atoms with Gasteiger partial charge in [-0.3, -0.25) is 14.7 Å². The van der Waals surface area contributed by atoms with E-state index in [2.05, 4.69) is 67.2 Å². The third kappa shape index (κ3) is 4.99. The molecule has 0 atom stereocenters. The highest BCUT2D eigenvalue weighted by Crippen LogP contribution is 2.13. The summed E-state index contributed by atoms with van der Waals surface area (Å²) in [6.45, 7) is 6.17. The quantitative estimate of drug-likeness (QED) is 0.686. The second-order valence-electron chi connectivity index (χ2n) is 7.53. The number of pyridine rings is 1. The number of hydrogen-bond acceptors (Lipinski definition) is 5. The molecule has 0 saturated heterocycles. The number of carbonyl (C=O) groups is 1. The van der Waals surface area contributed by atoms with Crippen LogP contribution in [0.2, 0.25) is 0 Å². The zero-order valence-corrected chi connectivity index (χ0v) is 17.2. The minimum Gasteiger partial charge on any atom is -0.345 e. The Hall–Kier alpha value is -3.32. The number of aromatic nitrogens is 4. The summed E-state index contributed by atoms with van der Waals surface area (Å²) in [5.74, 6) is 1.65. The Kier molecular flexibility index (Phi) is 6.29. The summed E-state index contributed by atoms with van der Waals surface area (Å²) in [5, 5.41) is 11.6. The number of nitrogens with zero attached hydrogens (tertiary/aromatic N) is 5. The smallest absolute Gasteiger partial charge is 0.251 e. The van der Waals surface area contributed by atoms with Gasteiger partial charge in [0.2, 0.25) is 0 Å². The van der Waals surface area contributed by atoms with Gasteiger partial charge in [-0.25, -0.2) is 0 Å². The van der Waals surface area contributed by atoms with Crippen LogP contribution in [-0.4, -0.2) is 50.2 Å². The minimum absolute atomic E-state index is 0.133. The van der Waals surface area contributed by atoms with Crippen LogP contribution in [0.4, 0.5) is 0 Å². The van der Waals surface area contributed by atoms with Gasteiger partial charge in [-0.15, -0.1) is 10.2 Å². The first kappa shape index (κ1) is 20.0. The predicted molar refractivity (Wildman–Crippen MR) is 116 cm³/mol. The SMILES string of the molecule is C/C(=C\c1ccccc1)CN1CCc2nnc(CNC(=O)c3ccncc3)n2CC1. The molecule has 2 aromatic heterocycles. The molecule has 1 aliphatic heterocycles. The standard InChI is InChI=1S/C23H26N6O/c1-18(15-19-5-3-2-4-6-19)17-28-12-9-21-26-27-22(29(21)14-13-28)16-25-23(30)20-7-10-24-11-8-20/h2-8,10-11,15H,9,12-14,16-17H2,1H3,(H,25,30)/b18-15+. The van der Waals surface area contributed by atoms with E-state index in [1.807, 2.05) is 6.07 Å². The molecule has 0 fully saturated rings. The molecular weight excluding hydrogens is 376 g/mol. The molecule has 0 aliphatic carbocycles. The highest BCUT2D eigenvalue weighted by Gasteiger charge is 2.19. The van der Waals surface area contributed by atoms with Crippen LogP contribution >= 0.6 is 0 Å². The Morgan fingerprint density at radius 2 is 1.87 bits per heavy atom. The second-order valence-corrected chi connectivity index (χ2v) is 7.53. The zero-order chi connectivity index (χ0) is 20.8. The van der Waals surface area contributed by atoms with Gasteiger partial charge in [0.25, 0.3) is 5.91 Å². The fourth-order valence-electron chi connectivity index (χ4n) is 3.71. The Morgan fingerprint density at radius 3 is 2.67 bits per heavy atom. The average molecular weight is 403 g/mol. The largest absolute Gasteiger partial charge is 0.345 e. The van der Waals surface area contributed by atoms with Crippen molar-refractivity contribution in [2.75, 3.05) is 19.6 Å². The van der Waals surface area contributed by atoms with Gasteiger partial charge in [-0.1, -0.05) is 42.0 Å². The molecule has 7 nitrogen and oxygen atoms in total. The number of amides is 1. The van der Waals surface area contributed by atoms with E-state index in [1.54, 1.807) is 24.5 Å². The summed E-state index contributed by atoms with van der Waals surface area (Å²) in [6.07, 6.45) is 6.32. The summed E-state index contributed by atoms with van der Waals surface area (Å²) in [5.41, 5.74) is 3.16. The third-order valence-electron chi connectivity index (χ3n) is 5.23. The summed E-state index contributed by atoms with van der Waals surface area (Å²) < 4.78 is 2.14. The van der Waals surface area contributed by atoms with Gasteiger partial charge in [-0.05, 0) is 24.6 Å². The van der Waals surface area contributed by atoms with Crippen LogP contribution in [-0.2, 0) is 19.5 Å². The van der Waals surface area contributed by atoms with E-state index in [-0.39, 0.29) is 5.91 Å². The molecule has 3 heterocycles. The molecule has 154 valence electrons. The van der Waals surface area contributed by atoms with Crippen molar-refractivity contribution in [3.63, 3.8) is 0 Å². The van der Waals surface area contributed by atoms with Crippen molar-refractivity contribution in [2.24, 2.45) is 0 Å². The maximum absolute atomic E-state index is 12.3. The molecular formula is C23H26N6O. The van der Waals surface area contributed by atoms with E-state index < -0.39 is 0 Å². The van der Waals surface area contributed by atoms with Gasteiger partial charge in [0.1, 0.15) is 5.82 Å². The fourth-order valence-corrected chi connectivity index (χ4v) is 3.71. The molecule has 7 heteroatoms. The number of rotatable bonds is 6. The molecule has 0 unspecified atom stereocenters. The Bertz CT molecular complexity index is 1010. The number of nitrogens with one attached hydrogen (secondary N) is 1. The summed E-state index contributed by atoms with van der Waals surface area (Å²) in [7, 11) is 0. The molecule has 0 spiro atoms. The lowest BCUT2D eigenvalue weighted by Gasteiger charge is -2.20. The van der Waals surface area contributed by atoms with E-state index in [0.717, 1.165) is 44.2 Å². The molecule has 1 N–H and O–H groups in total. The Labute approximate surface area is 176 Å². The van der Waals surface area contributed by atoms with Crippen molar-refractivity contribution in [3.05, 3.63) is 83.2 Å². The summed E-state index contributed by atoms with van der Waals surface area (Å²) >= 11 is 0. The molecule has 3 aromatic rings. The third-order valence-corrected chi connectivity index (χ3v) is 5.23. The molecule has 0 saturated carbocycles. The van der Waals surface area contributed by atoms with Crippen molar-refractivity contribution in [1.29, 1.82) is 0 Å². The lowest BCUT2D eigenvalue weighted by Crippen LogP contribution is -2.29. The van der Waals surface area contributed by atoms with E-state index in [0.29, 0.717) is 12.1 Å². The minimum atomic E-state index is -0.133. The highest BCUT2D eigenvalue weighted by atomic mass is 16.1. The topological polar surface area (TPSA) is 75.9 Å². The van der Waals surface area contributed by atoms with Crippen LogP contribution in [0.25, 0.3) is 6.08 Å². The summed E-state index contributed by atoms with van der Waals surface area (Å²) in [4.78, 5) is 18.7. The maximum Gasteiger partial charge on any atom is 0.251 e. The monoisotopic (exact) mass is 402 g/mol. The molecule has 30 heavy (non-hydrogen) atoms. The summed E-state index contributed by atoms with van der Waals surface area (Å²) in [6, 6.07) is 13.8. The molecule has 0 bridgehead atoms. The van der Waals surface area contributed by atoms with Crippen molar-refractivity contribution >= 4 is 12.0 Å². The highest BCUT2D eigenvalue weighted by molar-refractivity contribution is 5.93. The normalized spacial score (nSPS) is 14.8. The van der Waals surface area contributed by atoms with Crippen molar-refractivity contribution in [2.45, 2.75) is 26.4 Å². The molecule has 1 aromatic carbocycles. The van der Waals surface area contributed by atoms with Gasteiger partial charge in [-0.2, -0.15) is 0 Å². The van der Waals surface area contributed by atoms with E-state index in [4.69, 9.17) is 0 Å². The van der Waals surface area contributed by atoms with Crippen molar-refractivity contribution < 1.29 is 4.79 Å². The van der Waals surface area contributed by atoms with Gasteiger partial charge in [0.05, 0.1) is 6.54 Å². The van der Waals surface area contributed by atoms with Crippen LogP contribution in [0, 0.1) is 0 Å². The number of carbonyl (C=O) groups excluding carboxylic acids is 1. The van der Waals surface area contributed by atoms with E-state index >= 15 is 0 Å². The van der Waals surface area contributed by atoms with Crippen molar-refractivity contribution in [3.8, 4) is 0 Å². The fraction of sp³-hybridized carbons (Fsp3) is 0.304. The van der Waals surface area contributed by atoms with Crippen LogP contribution < -0.4 is 5.32 Å². The molecule has 4 rings (SSSR count). The Balaban J connectivity index is 1.35. The second kappa shape index (κ2) is 9.45. The van der Waals surface area contributed by atoms with Gasteiger partial charge in [0.15, 0.2) is 5.82 Å². The van der Waals surface area contributed by atoms with Gasteiger partial charge in [0, 0.05) is 50.6 Å². The lowest BCUT2D eigenvalue weighted by atomic mass is 10.1. The van der Waals surface area contributed by atoms with Crippen LogP contribution in [0.3, 0.4) is 0 Å². The van der Waals surface area contributed by atoms with Gasteiger partial charge >= 0.3 is 0 Å². The molecule has 1 amide bonds. The average Bonchev–Trinajstić information content (AvgIpc) is 3.06. The van der Waals surface area contributed by atoms with Crippen molar-refractivity contribution in [1.82, 2.24) is 30.0 Å². The first-order valence-electron chi connectivity index (χ1n) is 10.2.